The van der Waals surface area contributed by atoms with Gasteiger partial charge in [-0.2, -0.15) is 0 Å². The molecule has 1 fully saturated rings. The van der Waals surface area contributed by atoms with Crippen molar-refractivity contribution >= 4 is 33.0 Å². The highest BCUT2D eigenvalue weighted by molar-refractivity contribution is 9.10. The molecule has 25 heavy (non-hydrogen) atoms. The van der Waals surface area contributed by atoms with Gasteiger partial charge in [0.25, 0.3) is 0 Å². The summed E-state index contributed by atoms with van der Waals surface area (Å²) < 4.78 is 24.0. The average molecular weight is 426 g/mol. The van der Waals surface area contributed by atoms with Crippen LogP contribution in [-0.2, 0) is 22.5 Å². The summed E-state index contributed by atoms with van der Waals surface area (Å²) in [6, 6.07) is 6.44. The van der Waals surface area contributed by atoms with Crippen molar-refractivity contribution in [2.75, 3.05) is 7.11 Å². The molecule has 0 amide bonds. The summed E-state index contributed by atoms with van der Waals surface area (Å²) in [4.78, 5) is 0. The predicted molar refractivity (Wildman–Crippen MR) is 109 cm³/mol. The number of methoxy groups -OCH3 is 1. The second-order valence-electron chi connectivity index (χ2n) is 8.55. The Labute approximate surface area is 163 Å². The molecule has 4 atom stereocenters. The minimum Gasteiger partial charge on any atom is -0.591 e. The van der Waals surface area contributed by atoms with E-state index in [1.165, 1.54) is 11.1 Å². The van der Waals surface area contributed by atoms with E-state index in [9.17, 15) is 4.55 Å². The van der Waals surface area contributed by atoms with E-state index in [0.29, 0.717) is 12.0 Å². The molecule has 3 nitrogen and oxygen atoms in total. The first-order chi connectivity index (χ1) is 11.7. The van der Waals surface area contributed by atoms with Gasteiger partial charge >= 0.3 is 0 Å². The summed E-state index contributed by atoms with van der Waals surface area (Å²) in [6.45, 7) is 8.23. The van der Waals surface area contributed by atoms with E-state index in [1.807, 2.05) is 27.9 Å². The number of rotatable bonds is 2. The molecule has 2 aliphatic carbocycles. The van der Waals surface area contributed by atoms with E-state index in [2.05, 4.69) is 41.1 Å². The number of nitrogens with zero attached hydrogens (tertiary/aromatic N) is 1. The fourth-order valence-corrected chi connectivity index (χ4v) is 5.39. The standard InChI is InChI=1S/C20H28BrNO2S/c1-13-11-20(9-8-17(13)24-5)12-14-6-7-15(21)10-16(14)18(20)22-25(23)19(2,3)4/h6-7,10,13,17H,8-9,11-12H2,1-5H3/b22-18+/t13-,17-,20-,25?/m0/s1. The number of hydrogen-bond donors (Lipinski definition) is 0. The fraction of sp³-hybridized carbons (Fsp3) is 0.650. The number of benzene rings is 1. The van der Waals surface area contributed by atoms with Gasteiger partial charge in [-0.05, 0) is 70.1 Å². The van der Waals surface area contributed by atoms with Crippen LogP contribution < -0.4 is 0 Å². The summed E-state index contributed by atoms with van der Waals surface area (Å²) in [6.07, 6.45) is 4.43. The lowest BCUT2D eigenvalue weighted by molar-refractivity contribution is 0.00485. The maximum Gasteiger partial charge on any atom is 0.144 e. The summed E-state index contributed by atoms with van der Waals surface area (Å²) in [7, 11) is 1.81. The molecule has 0 bridgehead atoms. The van der Waals surface area contributed by atoms with E-state index in [-0.39, 0.29) is 10.2 Å². The van der Waals surface area contributed by atoms with Crippen LogP contribution in [0.3, 0.4) is 0 Å². The van der Waals surface area contributed by atoms with E-state index in [0.717, 1.165) is 35.9 Å². The molecular formula is C20H28BrNO2S. The van der Waals surface area contributed by atoms with Crippen molar-refractivity contribution in [3.05, 3.63) is 33.8 Å². The SMILES string of the molecule is CO[C@H]1CC[C@@]2(Cc3ccc(Br)cc3/C2=N\[S+]([O-])C(C)(C)C)C[C@@H]1C. The van der Waals surface area contributed by atoms with Crippen molar-refractivity contribution in [2.24, 2.45) is 15.7 Å². The molecule has 1 aromatic rings. The zero-order chi connectivity index (χ0) is 18.4. The molecule has 1 spiro atoms. The van der Waals surface area contributed by atoms with E-state index < -0.39 is 11.4 Å². The van der Waals surface area contributed by atoms with Crippen molar-refractivity contribution in [3.8, 4) is 0 Å². The van der Waals surface area contributed by atoms with Crippen LogP contribution in [0.25, 0.3) is 0 Å². The Balaban J connectivity index is 2.05. The van der Waals surface area contributed by atoms with Gasteiger partial charge in [-0.25, -0.2) is 0 Å². The van der Waals surface area contributed by atoms with Crippen LogP contribution in [0, 0.1) is 11.3 Å². The number of hydrogen-bond acceptors (Lipinski definition) is 3. The Kier molecular flexibility index (Phi) is 5.42. The maximum absolute atomic E-state index is 12.8. The van der Waals surface area contributed by atoms with Gasteiger partial charge in [0.05, 0.1) is 6.10 Å². The first kappa shape index (κ1) is 19.4. The smallest absolute Gasteiger partial charge is 0.144 e. The second kappa shape index (κ2) is 6.99. The first-order valence-corrected chi connectivity index (χ1v) is 10.9. The first-order valence-electron chi connectivity index (χ1n) is 8.99. The Hall–Kier alpha value is -0.360. The van der Waals surface area contributed by atoms with Crippen molar-refractivity contribution < 1.29 is 9.29 Å². The lowest BCUT2D eigenvalue weighted by atomic mass is 9.66. The van der Waals surface area contributed by atoms with Gasteiger partial charge in [-0.3, -0.25) is 0 Å². The summed E-state index contributed by atoms with van der Waals surface area (Å²) >= 11 is 2.34. The molecule has 1 aromatic carbocycles. The minimum absolute atomic E-state index is 0.00150. The van der Waals surface area contributed by atoms with E-state index in [1.54, 1.807) is 0 Å². The van der Waals surface area contributed by atoms with Gasteiger partial charge in [-0.1, -0.05) is 33.3 Å². The average Bonchev–Trinajstić information content (AvgIpc) is 2.80. The molecular weight excluding hydrogens is 398 g/mol. The molecule has 0 heterocycles. The van der Waals surface area contributed by atoms with Crippen molar-refractivity contribution in [1.82, 2.24) is 0 Å². The van der Waals surface area contributed by atoms with Gasteiger partial charge in [0, 0.05) is 22.6 Å². The topological polar surface area (TPSA) is 44.6 Å². The molecule has 0 N–H and O–H groups in total. The van der Waals surface area contributed by atoms with Gasteiger partial charge in [0.2, 0.25) is 0 Å². The van der Waals surface area contributed by atoms with E-state index >= 15 is 0 Å². The lowest BCUT2D eigenvalue weighted by Gasteiger charge is -2.41. The zero-order valence-electron chi connectivity index (χ0n) is 15.8. The molecule has 0 radical (unpaired) electrons. The minimum atomic E-state index is -1.25. The van der Waals surface area contributed by atoms with Gasteiger partial charge < -0.3 is 9.29 Å². The highest BCUT2D eigenvalue weighted by Gasteiger charge is 2.49. The molecule has 1 unspecified atom stereocenters. The van der Waals surface area contributed by atoms with Crippen LogP contribution >= 0.6 is 15.9 Å². The van der Waals surface area contributed by atoms with E-state index in [4.69, 9.17) is 9.13 Å². The normalized spacial score (nSPS) is 32.2. The zero-order valence-corrected chi connectivity index (χ0v) is 18.2. The highest BCUT2D eigenvalue weighted by atomic mass is 79.9. The third-order valence-electron chi connectivity index (χ3n) is 5.61. The van der Waals surface area contributed by atoms with Crippen molar-refractivity contribution in [2.45, 2.75) is 64.2 Å². The van der Waals surface area contributed by atoms with Gasteiger partial charge in [-0.15, -0.1) is 0 Å². The monoisotopic (exact) mass is 425 g/mol. The maximum atomic E-state index is 12.8. The quantitative estimate of drug-likeness (QED) is 0.620. The molecule has 1 saturated carbocycles. The summed E-state index contributed by atoms with van der Waals surface area (Å²) in [5.74, 6) is 0.477. The van der Waals surface area contributed by atoms with Crippen LogP contribution in [0.4, 0.5) is 0 Å². The number of halogens is 1. The molecule has 0 saturated heterocycles. The van der Waals surface area contributed by atoms with Crippen molar-refractivity contribution in [3.63, 3.8) is 0 Å². The summed E-state index contributed by atoms with van der Waals surface area (Å²) in [5, 5.41) is 0. The second-order valence-corrected chi connectivity index (χ2v) is 11.4. The Morgan fingerprint density at radius 1 is 1.36 bits per heavy atom. The molecule has 3 rings (SSSR count). The van der Waals surface area contributed by atoms with Crippen LogP contribution in [0.15, 0.2) is 27.1 Å². The van der Waals surface area contributed by atoms with Crippen LogP contribution in [0.2, 0.25) is 0 Å². The Morgan fingerprint density at radius 3 is 2.68 bits per heavy atom. The molecule has 0 aromatic heterocycles. The third-order valence-corrected chi connectivity index (χ3v) is 7.50. The number of ether oxygens (including phenoxy) is 1. The predicted octanol–water partition coefficient (Wildman–Crippen LogP) is 5.08. The Morgan fingerprint density at radius 2 is 2.08 bits per heavy atom. The van der Waals surface area contributed by atoms with Gasteiger partial charge in [0.1, 0.15) is 21.8 Å². The molecule has 0 aliphatic heterocycles. The molecule has 2 aliphatic rings. The fourth-order valence-electron chi connectivity index (χ4n) is 4.30. The Bertz CT molecular complexity index is 685. The highest BCUT2D eigenvalue weighted by Crippen LogP contribution is 2.50. The number of fused-ring (bicyclic) bond motifs is 1. The molecule has 5 heteroatoms. The van der Waals surface area contributed by atoms with Gasteiger partial charge in [0.15, 0.2) is 0 Å². The third kappa shape index (κ3) is 3.71. The van der Waals surface area contributed by atoms with Crippen LogP contribution in [0.1, 0.15) is 58.1 Å². The summed E-state index contributed by atoms with van der Waals surface area (Å²) in [5.41, 5.74) is 3.56. The largest absolute Gasteiger partial charge is 0.591 e. The lowest BCUT2D eigenvalue weighted by Crippen LogP contribution is -2.41. The van der Waals surface area contributed by atoms with Crippen molar-refractivity contribution in [1.29, 1.82) is 0 Å². The van der Waals surface area contributed by atoms with Crippen LogP contribution in [-0.4, -0.2) is 28.2 Å². The van der Waals surface area contributed by atoms with Crippen LogP contribution in [0.5, 0.6) is 0 Å². The molecule has 138 valence electrons.